The van der Waals surface area contributed by atoms with Crippen molar-refractivity contribution in [2.45, 2.75) is 109 Å². The number of rotatable bonds is 7. The maximum atomic E-state index is 12.3. The third-order valence-electron chi connectivity index (χ3n) is 11.4. The van der Waals surface area contributed by atoms with Gasteiger partial charge >= 0.3 is 0 Å². The number of aliphatic hydroxyl groups is 2. The summed E-state index contributed by atoms with van der Waals surface area (Å²) in [5.74, 6) is 2.72. The van der Waals surface area contributed by atoms with E-state index in [1.165, 1.54) is 19.8 Å². The largest absolute Gasteiger partial charge is 0.393 e. The fraction of sp³-hybridized carbons (Fsp3) is 0.963. The van der Waals surface area contributed by atoms with E-state index in [1.54, 1.807) is 0 Å². The number of aliphatic hydroxyl groups excluding tert-OH is 2. The molecule has 11 atom stereocenters. The van der Waals surface area contributed by atoms with Crippen LogP contribution in [0.15, 0.2) is 0 Å². The molecule has 0 bridgehead atoms. The molecule has 0 heterocycles. The Bertz CT molecular complexity index is 894. The highest BCUT2D eigenvalue weighted by molar-refractivity contribution is 7.86. The molecule has 0 saturated heterocycles. The summed E-state index contributed by atoms with van der Waals surface area (Å²) in [4.78, 5) is 12.3. The zero-order valence-electron chi connectivity index (χ0n) is 21.9. The SMILES string of the molecule is C[C@H](CCC(=O)NC[C@@H](C)S(=O)(=O)O)[C@H]1CC[C@H]2[C@@H]3CC[C@@H]4C[C@H](O)CC[C@]4(C)[C@H]3C[C@H](O)[C@]12C. The summed E-state index contributed by atoms with van der Waals surface area (Å²) in [5.41, 5.74) is 0.0966. The Labute approximate surface area is 211 Å². The average molecular weight is 514 g/mol. The van der Waals surface area contributed by atoms with Crippen LogP contribution in [0.3, 0.4) is 0 Å². The number of amides is 1. The van der Waals surface area contributed by atoms with Gasteiger partial charge in [0.25, 0.3) is 10.1 Å². The first-order valence-electron chi connectivity index (χ1n) is 13.9. The number of carbonyl (C=O) groups is 1. The Morgan fingerprint density at radius 3 is 2.43 bits per heavy atom. The van der Waals surface area contributed by atoms with Crippen LogP contribution in [0.1, 0.15) is 91.9 Å². The topological polar surface area (TPSA) is 124 Å². The molecule has 1 amide bonds. The zero-order valence-corrected chi connectivity index (χ0v) is 22.8. The number of carbonyl (C=O) groups excluding carboxylic acids is 1. The minimum absolute atomic E-state index is 0.0894. The fourth-order valence-electron chi connectivity index (χ4n) is 9.17. The monoisotopic (exact) mass is 513 g/mol. The molecule has 4 aliphatic carbocycles. The normalized spacial score (nSPS) is 45.1. The van der Waals surface area contributed by atoms with Gasteiger partial charge in [0, 0.05) is 13.0 Å². The van der Waals surface area contributed by atoms with E-state index < -0.39 is 15.4 Å². The lowest BCUT2D eigenvalue weighted by molar-refractivity contribution is -0.174. The molecular formula is C27H47NO6S. The molecule has 0 aromatic heterocycles. The molecule has 0 spiro atoms. The van der Waals surface area contributed by atoms with Gasteiger partial charge in [0.05, 0.1) is 12.2 Å². The van der Waals surface area contributed by atoms with E-state index in [0.29, 0.717) is 42.4 Å². The van der Waals surface area contributed by atoms with Crippen molar-refractivity contribution in [3.63, 3.8) is 0 Å². The van der Waals surface area contributed by atoms with Gasteiger partial charge in [-0.05, 0) is 111 Å². The summed E-state index contributed by atoms with van der Waals surface area (Å²) in [6.45, 7) is 8.23. The first-order valence-corrected chi connectivity index (χ1v) is 15.4. The van der Waals surface area contributed by atoms with Crippen molar-refractivity contribution in [2.75, 3.05) is 6.54 Å². The summed E-state index contributed by atoms with van der Waals surface area (Å²) < 4.78 is 31.4. The minimum Gasteiger partial charge on any atom is -0.393 e. The van der Waals surface area contributed by atoms with Crippen LogP contribution in [0.4, 0.5) is 0 Å². The van der Waals surface area contributed by atoms with Gasteiger partial charge in [0.15, 0.2) is 0 Å². The van der Waals surface area contributed by atoms with Crippen molar-refractivity contribution >= 4 is 16.0 Å². The molecule has 7 nitrogen and oxygen atoms in total. The summed E-state index contributed by atoms with van der Waals surface area (Å²) >= 11 is 0. The Morgan fingerprint density at radius 2 is 1.74 bits per heavy atom. The third kappa shape index (κ3) is 4.94. The summed E-state index contributed by atoms with van der Waals surface area (Å²) in [6.07, 6.45) is 8.90. The molecule has 0 aliphatic heterocycles. The van der Waals surface area contributed by atoms with Gasteiger partial charge in [-0.1, -0.05) is 20.8 Å². The van der Waals surface area contributed by atoms with Crippen LogP contribution in [0.5, 0.6) is 0 Å². The highest BCUT2D eigenvalue weighted by atomic mass is 32.2. The average Bonchev–Trinajstić information content (AvgIpc) is 3.15. The van der Waals surface area contributed by atoms with Gasteiger partial charge in [-0.2, -0.15) is 8.42 Å². The van der Waals surface area contributed by atoms with E-state index in [4.69, 9.17) is 4.55 Å². The second-order valence-electron chi connectivity index (χ2n) is 13.0. The number of fused-ring (bicyclic) bond motifs is 5. The van der Waals surface area contributed by atoms with Crippen molar-refractivity contribution in [3.05, 3.63) is 0 Å². The molecule has 202 valence electrons. The van der Waals surface area contributed by atoms with Crippen LogP contribution >= 0.6 is 0 Å². The zero-order chi connectivity index (χ0) is 25.8. The van der Waals surface area contributed by atoms with Crippen LogP contribution in [0.25, 0.3) is 0 Å². The van der Waals surface area contributed by atoms with Crippen LogP contribution in [-0.2, 0) is 14.9 Å². The number of nitrogens with one attached hydrogen (secondary N) is 1. The molecule has 8 heteroatoms. The van der Waals surface area contributed by atoms with Crippen molar-refractivity contribution < 1.29 is 28.0 Å². The molecule has 4 N–H and O–H groups in total. The van der Waals surface area contributed by atoms with E-state index in [1.807, 2.05) is 0 Å². The molecule has 4 saturated carbocycles. The molecular weight excluding hydrogens is 466 g/mol. The molecule has 0 unspecified atom stereocenters. The van der Waals surface area contributed by atoms with E-state index in [-0.39, 0.29) is 41.4 Å². The summed E-state index contributed by atoms with van der Waals surface area (Å²) in [6, 6.07) is 0. The number of hydrogen-bond donors (Lipinski definition) is 4. The Morgan fingerprint density at radius 1 is 1.03 bits per heavy atom. The van der Waals surface area contributed by atoms with E-state index in [9.17, 15) is 23.4 Å². The van der Waals surface area contributed by atoms with E-state index in [2.05, 4.69) is 26.1 Å². The van der Waals surface area contributed by atoms with Gasteiger partial charge in [0.1, 0.15) is 5.25 Å². The second kappa shape index (κ2) is 9.88. The molecule has 35 heavy (non-hydrogen) atoms. The lowest BCUT2D eigenvalue weighted by Gasteiger charge is -2.62. The van der Waals surface area contributed by atoms with Crippen molar-refractivity contribution in [2.24, 2.45) is 46.3 Å². The van der Waals surface area contributed by atoms with Crippen LogP contribution in [-0.4, -0.2) is 53.1 Å². The lowest BCUT2D eigenvalue weighted by Crippen LogP contribution is -2.58. The van der Waals surface area contributed by atoms with Crippen molar-refractivity contribution in [1.29, 1.82) is 0 Å². The molecule has 0 aromatic carbocycles. The van der Waals surface area contributed by atoms with Gasteiger partial charge in [-0.15, -0.1) is 0 Å². The minimum atomic E-state index is -4.15. The fourth-order valence-corrected chi connectivity index (χ4v) is 9.47. The third-order valence-corrected chi connectivity index (χ3v) is 12.6. The smallest absolute Gasteiger partial charge is 0.269 e. The van der Waals surface area contributed by atoms with Crippen LogP contribution in [0.2, 0.25) is 0 Å². The second-order valence-corrected chi connectivity index (χ2v) is 14.9. The van der Waals surface area contributed by atoms with Gasteiger partial charge in [-0.25, -0.2) is 0 Å². The van der Waals surface area contributed by atoms with Gasteiger partial charge < -0.3 is 15.5 Å². The molecule has 4 rings (SSSR count). The lowest BCUT2D eigenvalue weighted by atomic mass is 9.43. The number of hydrogen-bond acceptors (Lipinski definition) is 5. The van der Waals surface area contributed by atoms with Crippen LogP contribution in [0, 0.1) is 46.3 Å². The van der Waals surface area contributed by atoms with E-state index in [0.717, 1.165) is 38.5 Å². The van der Waals surface area contributed by atoms with Crippen molar-refractivity contribution in [1.82, 2.24) is 5.32 Å². The molecule has 0 aromatic rings. The molecule has 4 aliphatic rings. The quantitative estimate of drug-likeness (QED) is 0.384. The van der Waals surface area contributed by atoms with E-state index >= 15 is 0 Å². The predicted molar refractivity (Wildman–Crippen MR) is 135 cm³/mol. The maximum absolute atomic E-state index is 12.3. The standard InChI is InChI=1S/C27H47NO6S/c1-16(5-10-25(31)28-15-17(2)35(32,33)34)21-8-9-22-20-7-6-18-13-19(29)11-12-26(18,3)23(20)14-24(30)27(21,22)4/h16-24,29-30H,5-15H2,1-4H3,(H,28,31)(H,32,33,34)/t16-,17-,18-,19-,20+,21-,22+,23+,24+,26+,27-/m1/s1. The summed E-state index contributed by atoms with van der Waals surface area (Å²) in [7, 11) is -4.15. The Balaban J connectivity index is 1.39. The van der Waals surface area contributed by atoms with Crippen molar-refractivity contribution in [3.8, 4) is 0 Å². The maximum Gasteiger partial charge on any atom is 0.269 e. The Kier molecular flexibility index (Phi) is 7.72. The first kappa shape index (κ1) is 27.3. The molecule has 0 radical (unpaired) electrons. The van der Waals surface area contributed by atoms with Gasteiger partial charge in [-0.3, -0.25) is 9.35 Å². The Hall–Kier alpha value is -0.700. The van der Waals surface area contributed by atoms with Gasteiger partial charge in [0.2, 0.25) is 5.91 Å². The first-order chi connectivity index (χ1) is 16.3. The molecule has 4 fully saturated rings. The highest BCUT2D eigenvalue weighted by Crippen LogP contribution is 2.68. The summed E-state index contributed by atoms with van der Waals surface area (Å²) in [5, 5.41) is 23.5. The highest BCUT2D eigenvalue weighted by Gasteiger charge is 2.63. The predicted octanol–water partition coefficient (Wildman–Crippen LogP) is 3.79. The van der Waals surface area contributed by atoms with Crippen LogP contribution < -0.4 is 5.32 Å².